The number of nitrogens with one attached hydrogen (secondary N) is 1. The lowest BCUT2D eigenvalue weighted by Gasteiger charge is -2.23. The normalized spacial score (nSPS) is 17.3. The highest BCUT2D eigenvalue weighted by molar-refractivity contribution is 6.05. The number of benzene rings is 3. The molecule has 0 atom stereocenters. The monoisotopic (exact) mass is 481 g/mol. The number of ketones is 1. The van der Waals surface area contributed by atoms with Gasteiger partial charge in [-0.15, -0.1) is 0 Å². The van der Waals surface area contributed by atoms with E-state index in [2.05, 4.69) is 59.9 Å². The Morgan fingerprint density at radius 2 is 1.30 bits per heavy atom. The zero-order valence-corrected chi connectivity index (χ0v) is 20.5. The van der Waals surface area contributed by atoms with E-state index >= 15 is 0 Å². The van der Waals surface area contributed by atoms with Crippen molar-refractivity contribution in [2.75, 3.05) is 0 Å². The third kappa shape index (κ3) is 4.91. The van der Waals surface area contributed by atoms with Crippen LogP contribution in [0.1, 0.15) is 31.2 Å². The van der Waals surface area contributed by atoms with Gasteiger partial charge in [-0.2, -0.15) is 0 Å². The van der Waals surface area contributed by atoms with Crippen LogP contribution in [0.15, 0.2) is 120 Å². The van der Waals surface area contributed by atoms with Crippen LogP contribution in [-0.2, 0) is 4.79 Å². The molecule has 4 nitrogen and oxygen atoms in total. The predicted octanol–water partition coefficient (Wildman–Crippen LogP) is 7.38. The first-order valence-electron chi connectivity index (χ1n) is 12.8. The summed E-state index contributed by atoms with van der Waals surface area (Å²) in [4.78, 5) is 22.4. The van der Waals surface area contributed by atoms with Gasteiger partial charge in [0.1, 0.15) is 0 Å². The molecule has 0 amide bonds. The fraction of sp³-hybridized carbons (Fsp3) is 0.121. The molecular formula is C33H27N3O. The van der Waals surface area contributed by atoms with Crippen LogP contribution in [0.3, 0.4) is 0 Å². The van der Waals surface area contributed by atoms with Crippen molar-refractivity contribution in [3.05, 3.63) is 126 Å². The number of hydrogen-bond donors (Lipinski definition) is 1. The Bertz CT molecular complexity index is 1490. The van der Waals surface area contributed by atoms with E-state index in [1.807, 2.05) is 48.5 Å². The smallest absolute Gasteiger partial charge is 0.183 e. The molecule has 4 heteroatoms. The number of carbonyl (C=O) groups is 1. The van der Waals surface area contributed by atoms with Gasteiger partial charge in [-0.05, 0) is 49.5 Å². The van der Waals surface area contributed by atoms with E-state index in [-0.39, 0.29) is 5.78 Å². The van der Waals surface area contributed by atoms with Crippen molar-refractivity contribution in [2.24, 2.45) is 0 Å². The van der Waals surface area contributed by atoms with Crippen LogP contribution in [0.2, 0.25) is 0 Å². The van der Waals surface area contributed by atoms with Gasteiger partial charge in [-0.1, -0.05) is 91.0 Å². The first-order valence-corrected chi connectivity index (χ1v) is 12.8. The van der Waals surface area contributed by atoms with Gasteiger partial charge in [-0.3, -0.25) is 4.79 Å². The molecule has 0 spiro atoms. The van der Waals surface area contributed by atoms with Crippen molar-refractivity contribution in [3.63, 3.8) is 0 Å². The third-order valence-corrected chi connectivity index (χ3v) is 6.82. The fourth-order valence-electron chi connectivity index (χ4n) is 4.91. The fourth-order valence-corrected chi connectivity index (χ4v) is 4.91. The molecule has 0 radical (unpaired) electrons. The van der Waals surface area contributed by atoms with E-state index in [1.165, 1.54) is 0 Å². The molecule has 2 aliphatic rings. The molecule has 0 bridgehead atoms. The second-order valence-electron chi connectivity index (χ2n) is 9.32. The van der Waals surface area contributed by atoms with Crippen LogP contribution in [0.25, 0.3) is 39.6 Å². The van der Waals surface area contributed by atoms with Crippen LogP contribution in [0, 0.1) is 0 Å². The van der Waals surface area contributed by atoms with Crippen molar-refractivity contribution < 1.29 is 4.79 Å². The van der Waals surface area contributed by atoms with Crippen molar-refractivity contribution in [3.8, 4) is 33.9 Å². The maximum absolute atomic E-state index is 12.5. The van der Waals surface area contributed by atoms with Crippen molar-refractivity contribution >= 4 is 11.5 Å². The molecule has 6 rings (SSSR count). The minimum Gasteiger partial charge on any atom is -0.358 e. The Kier molecular flexibility index (Phi) is 6.30. The van der Waals surface area contributed by atoms with E-state index in [9.17, 15) is 4.79 Å². The lowest BCUT2D eigenvalue weighted by Crippen LogP contribution is -2.21. The van der Waals surface area contributed by atoms with Crippen molar-refractivity contribution in [2.45, 2.75) is 25.7 Å². The zero-order chi connectivity index (χ0) is 25.0. The van der Waals surface area contributed by atoms with Gasteiger partial charge in [0.05, 0.1) is 11.4 Å². The van der Waals surface area contributed by atoms with Gasteiger partial charge in [0.2, 0.25) is 0 Å². The largest absolute Gasteiger partial charge is 0.358 e. The maximum Gasteiger partial charge on any atom is 0.183 e. The summed E-state index contributed by atoms with van der Waals surface area (Å²) in [5.74, 6) is 0.813. The lowest BCUT2D eigenvalue weighted by atomic mass is 9.93. The number of hydrogen-bond acceptors (Lipinski definition) is 4. The number of aromatic nitrogens is 2. The highest BCUT2D eigenvalue weighted by Crippen LogP contribution is 2.31. The quantitative estimate of drug-likeness (QED) is 0.309. The highest BCUT2D eigenvalue weighted by atomic mass is 16.1. The van der Waals surface area contributed by atoms with Crippen molar-refractivity contribution in [1.29, 1.82) is 0 Å². The Morgan fingerprint density at radius 3 is 1.97 bits per heavy atom. The SMILES string of the molecule is O=C1C=CCCC1=C1CCC=C(c2cccc(-c3nc(-c4ccccc4)cc(-c4ccccc4)n3)c2)N1. The first kappa shape index (κ1) is 22.9. The van der Waals surface area contributed by atoms with Crippen molar-refractivity contribution in [1.82, 2.24) is 15.3 Å². The maximum atomic E-state index is 12.5. The van der Waals surface area contributed by atoms with E-state index in [0.29, 0.717) is 5.82 Å². The van der Waals surface area contributed by atoms with Crippen LogP contribution in [0.5, 0.6) is 0 Å². The molecule has 0 saturated carbocycles. The topological polar surface area (TPSA) is 54.9 Å². The summed E-state index contributed by atoms with van der Waals surface area (Å²) in [6, 6.07) is 30.8. The Hall–Kier alpha value is -4.57. The summed E-state index contributed by atoms with van der Waals surface area (Å²) in [5.41, 5.74) is 8.89. The van der Waals surface area contributed by atoms with Gasteiger partial charge in [0.25, 0.3) is 0 Å². The molecule has 0 saturated heterocycles. The second-order valence-corrected chi connectivity index (χ2v) is 9.32. The third-order valence-electron chi connectivity index (χ3n) is 6.82. The molecule has 3 aromatic carbocycles. The summed E-state index contributed by atoms with van der Waals surface area (Å²) in [5, 5.41) is 3.57. The minimum absolute atomic E-state index is 0.128. The van der Waals surface area contributed by atoms with E-state index in [4.69, 9.17) is 9.97 Å². The number of allylic oxidation sites excluding steroid dienone is 5. The Morgan fingerprint density at radius 1 is 0.649 bits per heavy atom. The summed E-state index contributed by atoms with van der Waals surface area (Å²) >= 11 is 0. The molecule has 180 valence electrons. The van der Waals surface area contributed by atoms with E-state index in [1.54, 1.807) is 6.08 Å². The number of nitrogens with zero attached hydrogens (tertiary/aromatic N) is 2. The molecular weight excluding hydrogens is 454 g/mol. The summed E-state index contributed by atoms with van der Waals surface area (Å²) in [6.45, 7) is 0. The zero-order valence-electron chi connectivity index (χ0n) is 20.5. The Balaban J connectivity index is 1.39. The average molecular weight is 482 g/mol. The molecule has 4 aromatic rings. The van der Waals surface area contributed by atoms with Gasteiger partial charge >= 0.3 is 0 Å². The molecule has 37 heavy (non-hydrogen) atoms. The second kappa shape index (κ2) is 10.2. The highest BCUT2D eigenvalue weighted by Gasteiger charge is 2.19. The average Bonchev–Trinajstić information content (AvgIpc) is 2.98. The van der Waals surface area contributed by atoms with Gasteiger partial charge in [0, 0.05) is 33.7 Å². The van der Waals surface area contributed by atoms with Crippen LogP contribution in [-0.4, -0.2) is 15.8 Å². The van der Waals surface area contributed by atoms with Crippen LogP contribution in [0.4, 0.5) is 0 Å². The summed E-state index contributed by atoms with van der Waals surface area (Å²) in [6.07, 6.45) is 9.35. The minimum atomic E-state index is 0.128. The summed E-state index contributed by atoms with van der Waals surface area (Å²) in [7, 11) is 0. The number of carbonyl (C=O) groups excluding carboxylic acids is 1. The molecule has 1 aliphatic heterocycles. The lowest BCUT2D eigenvalue weighted by molar-refractivity contribution is -0.111. The Labute approximate surface area is 217 Å². The molecule has 0 unspecified atom stereocenters. The molecule has 1 N–H and O–H groups in total. The number of rotatable bonds is 4. The van der Waals surface area contributed by atoms with Crippen LogP contribution >= 0.6 is 0 Å². The van der Waals surface area contributed by atoms with Gasteiger partial charge in [0.15, 0.2) is 11.6 Å². The standard InChI is InChI=1S/C33H27N3O/c37-32-20-8-7-17-27(32)29-19-10-18-28(34-29)25-15-9-16-26(21-25)33-35-30(23-11-3-1-4-12-23)22-31(36-33)24-13-5-2-6-14-24/h1-6,8-9,11-16,18,20-22,34H,7,10,17,19H2. The van der Waals surface area contributed by atoms with E-state index < -0.39 is 0 Å². The van der Waals surface area contributed by atoms with Gasteiger partial charge in [-0.25, -0.2) is 9.97 Å². The van der Waals surface area contributed by atoms with Gasteiger partial charge < -0.3 is 5.32 Å². The molecule has 1 aromatic heterocycles. The van der Waals surface area contributed by atoms with Crippen LogP contribution < -0.4 is 5.32 Å². The molecule has 2 heterocycles. The molecule has 1 aliphatic carbocycles. The summed E-state index contributed by atoms with van der Waals surface area (Å²) < 4.78 is 0. The van der Waals surface area contributed by atoms with E-state index in [0.717, 1.165) is 76.3 Å². The molecule has 0 fully saturated rings. The predicted molar refractivity (Wildman–Crippen MR) is 149 cm³/mol. The first-order chi connectivity index (χ1) is 18.2.